The van der Waals surface area contributed by atoms with Crippen molar-refractivity contribution in [2.75, 3.05) is 31.6 Å². The van der Waals surface area contributed by atoms with Gasteiger partial charge in [0.1, 0.15) is 5.41 Å². The van der Waals surface area contributed by atoms with E-state index in [4.69, 9.17) is 9.47 Å². The van der Waals surface area contributed by atoms with Crippen molar-refractivity contribution in [3.8, 4) is 0 Å². The first-order chi connectivity index (χ1) is 12.7. The van der Waals surface area contributed by atoms with Crippen molar-refractivity contribution in [2.45, 2.75) is 39.4 Å². The molecule has 0 atom stereocenters. The highest BCUT2D eigenvalue weighted by atomic mass is 16.7. The number of piperidine rings is 1. The van der Waals surface area contributed by atoms with Crippen LogP contribution in [0.4, 0.5) is 5.69 Å². The largest absolute Gasteiger partial charge is 0.347 e. The SMILES string of the molecule is CC(=O)c1ccc(NC(=O)C(C)(C)C(=O)N2CCC3(CC2)OCCO3)cc1. The van der Waals surface area contributed by atoms with E-state index in [0.29, 0.717) is 50.4 Å². The summed E-state index contributed by atoms with van der Waals surface area (Å²) in [5.74, 6) is -1.19. The summed E-state index contributed by atoms with van der Waals surface area (Å²) in [6, 6.07) is 6.63. The zero-order valence-corrected chi connectivity index (χ0v) is 16.0. The molecule has 27 heavy (non-hydrogen) atoms. The van der Waals surface area contributed by atoms with E-state index in [1.54, 1.807) is 43.0 Å². The van der Waals surface area contributed by atoms with E-state index >= 15 is 0 Å². The van der Waals surface area contributed by atoms with Gasteiger partial charge in [-0.3, -0.25) is 14.4 Å². The lowest BCUT2D eigenvalue weighted by Crippen LogP contribution is -2.53. The Morgan fingerprint density at radius 2 is 1.59 bits per heavy atom. The number of hydrogen-bond acceptors (Lipinski definition) is 5. The molecule has 2 fully saturated rings. The third-order valence-corrected chi connectivity index (χ3v) is 5.28. The van der Waals surface area contributed by atoms with Crippen LogP contribution in [0, 0.1) is 5.41 Å². The second-order valence-corrected chi connectivity index (χ2v) is 7.61. The van der Waals surface area contributed by atoms with Crippen molar-refractivity contribution in [3.63, 3.8) is 0 Å². The molecule has 0 radical (unpaired) electrons. The molecule has 2 aliphatic rings. The van der Waals surface area contributed by atoms with Gasteiger partial charge >= 0.3 is 0 Å². The zero-order chi connectivity index (χ0) is 19.7. The van der Waals surface area contributed by atoms with Gasteiger partial charge in [-0.25, -0.2) is 0 Å². The molecule has 1 aromatic carbocycles. The predicted octanol–water partition coefficient (Wildman–Crippen LogP) is 2.22. The Morgan fingerprint density at radius 3 is 2.11 bits per heavy atom. The van der Waals surface area contributed by atoms with Crippen molar-refractivity contribution >= 4 is 23.3 Å². The van der Waals surface area contributed by atoms with Crippen LogP contribution in [0.3, 0.4) is 0 Å². The normalized spacial score (nSPS) is 19.1. The number of Topliss-reactive ketones (excluding diaryl/α,β-unsaturated/α-hetero) is 1. The number of nitrogens with one attached hydrogen (secondary N) is 1. The minimum Gasteiger partial charge on any atom is -0.347 e. The minimum absolute atomic E-state index is 0.0403. The standard InChI is InChI=1S/C20H26N2O5/c1-14(23)15-4-6-16(7-5-15)21-17(24)19(2,3)18(25)22-10-8-20(9-11-22)26-12-13-27-20/h4-7H,8-13H2,1-3H3,(H,21,24). The number of carbonyl (C=O) groups excluding carboxylic acids is 3. The molecule has 1 spiro atoms. The lowest BCUT2D eigenvalue weighted by atomic mass is 9.88. The molecule has 7 nitrogen and oxygen atoms in total. The molecule has 3 rings (SSSR count). The van der Waals surface area contributed by atoms with Gasteiger partial charge in [0, 0.05) is 37.2 Å². The Labute approximate surface area is 159 Å². The summed E-state index contributed by atoms with van der Waals surface area (Å²) in [6.45, 7) is 6.92. The van der Waals surface area contributed by atoms with Crippen LogP contribution in [-0.2, 0) is 19.1 Å². The molecule has 0 bridgehead atoms. The maximum atomic E-state index is 12.9. The molecule has 0 aliphatic carbocycles. The smallest absolute Gasteiger partial charge is 0.239 e. The van der Waals surface area contributed by atoms with Crippen LogP contribution in [0.15, 0.2) is 24.3 Å². The molecular weight excluding hydrogens is 348 g/mol. The number of ketones is 1. The van der Waals surface area contributed by atoms with Gasteiger partial charge in [-0.15, -0.1) is 0 Å². The zero-order valence-electron chi connectivity index (χ0n) is 16.0. The summed E-state index contributed by atoms with van der Waals surface area (Å²) in [5, 5.41) is 2.77. The number of benzene rings is 1. The van der Waals surface area contributed by atoms with Gasteiger partial charge < -0.3 is 19.7 Å². The first kappa shape index (κ1) is 19.5. The fourth-order valence-corrected chi connectivity index (χ4v) is 3.40. The topological polar surface area (TPSA) is 84.9 Å². The second-order valence-electron chi connectivity index (χ2n) is 7.61. The maximum Gasteiger partial charge on any atom is 0.239 e. The average Bonchev–Trinajstić information content (AvgIpc) is 3.10. The van der Waals surface area contributed by atoms with E-state index in [0.717, 1.165) is 0 Å². The van der Waals surface area contributed by atoms with Gasteiger partial charge in [0.25, 0.3) is 0 Å². The molecule has 2 saturated heterocycles. The Bertz CT molecular complexity index is 725. The number of nitrogens with zero attached hydrogens (tertiary/aromatic N) is 1. The van der Waals surface area contributed by atoms with E-state index in [2.05, 4.69) is 5.32 Å². The van der Waals surface area contributed by atoms with E-state index in [-0.39, 0.29) is 17.6 Å². The van der Waals surface area contributed by atoms with Crippen LogP contribution in [-0.4, -0.2) is 54.6 Å². The Balaban J connectivity index is 1.61. The van der Waals surface area contributed by atoms with Crippen LogP contribution >= 0.6 is 0 Å². The fourth-order valence-electron chi connectivity index (χ4n) is 3.40. The first-order valence-corrected chi connectivity index (χ1v) is 9.23. The van der Waals surface area contributed by atoms with Gasteiger partial charge in [-0.2, -0.15) is 0 Å². The van der Waals surface area contributed by atoms with E-state index in [1.807, 2.05) is 0 Å². The van der Waals surface area contributed by atoms with Crippen LogP contribution < -0.4 is 5.32 Å². The summed E-state index contributed by atoms with van der Waals surface area (Å²) < 4.78 is 11.4. The number of amides is 2. The lowest BCUT2D eigenvalue weighted by molar-refractivity contribution is -0.189. The van der Waals surface area contributed by atoms with Crippen LogP contribution in [0.5, 0.6) is 0 Å². The number of hydrogen-bond donors (Lipinski definition) is 1. The lowest BCUT2D eigenvalue weighted by Gasteiger charge is -2.40. The highest BCUT2D eigenvalue weighted by molar-refractivity contribution is 6.10. The van der Waals surface area contributed by atoms with Gasteiger partial charge in [0.2, 0.25) is 11.8 Å². The maximum absolute atomic E-state index is 12.9. The molecule has 7 heteroatoms. The van der Waals surface area contributed by atoms with Gasteiger partial charge in [-0.1, -0.05) is 0 Å². The van der Waals surface area contributed by atoms with E-state index in [9.17, 15) is 14.4 Å². The van der Waals surface area contributed by atoms with Gasteiger partial charge in [0.15, 0.2) is 11.6 Å². The van der Waals surface area contributed by atoms with E-state index < -0.39 is 11.2 Å². The molecule has 2 aliphatic heterocycles. The Kier molecular flexibility index (Phi) is 5.35. The molecule has 2 amide bonds. The average molecular weight is 374 g/mol. The first-order valence-electron chi connectivity index (χ1n) is 9.23. The molecule has 0 aromatic heterocycles. The van der Waals surface area contributed by atoms with Crippen LogP contribution in [0.1, 0.15) is 44.0 Å². The van der Waals surface area contributed by atoms with Crippen molar-refractivity contribution in [3.05, 3.63) is 29.8 Å². The molecule has 0 saturated carbocycles. The summed E-state index contributed by atoms with van der Waals surface area (Å²) >= 11 is 0. The van der Waals surface area contributed by atoms with Crippen molar-refractivity contribution in [1.29, 1.82) is 0 Å². The third kappa shape index (κ3) is 4.04. The second kappa shape index (κ2) is 7.40. The molecule has 0 unspecified atom stereocenters. The summed E-state index contributed by atoms with van der Waals surface area (Å²) in [6.07, 6.45) is 1.23. The molecule has 1 N–H and O–H groups in total. The number of carbonyl (C=O) groups is 3. The van der Waals surface area contributed by atoms with Crippen molar-refractivity contribution in [1.82, 2.24) is 4.90 Å². The number of rotatable bonds is 4. The summed E-state index contributed by atoms with van der Waals surface area (Å²) in [5.41, 5.74) is -0.0839. The van der Waals surface area contributed by atoms with Crippen LogP contribution in [0.25, 0.3) is 0 Å². The van der Waals surface area contributed by atoms with E-state index in [1.165, 1.54) is 6.92 Å². The molecule has 2 heterocycles. The predicted molar refractivity (Wildman–Crippen MR) is 99.3 cm³/mol. The monoisotopic (exact) mass is 374 g/mol. The van der Waals surface area contributed by atoms with Crippen molar-refractivity contribution in [2.24, 2.45) is 5.41 Å². The highest BCUT2D eigenvalue weighted by Gasteiger charge is 2.45. The van der Waals surface area contributed by atoms with Crippen LogP contribution in [0.2, 0.25) is 0 Å². The quantitative estimate of drug-likeness (QED) is 0.645. The number of ether oxygens (including phenoxy) is 2. The fraction of sp³-hybridized carbons (Fsp3) is 0.550. The van der Waals surface area contributed by atoms with Gasteiger partial charge in [0.05, 0.1) is 13.2 Å². The summed E-state index contributed by atoms with van der Waals surface area (Å²) in [4.78, 5) is 38.7. The highest BCUT2D eigenvalue weighted by Crippen LogP contribution is 2.33. The Hall–Kier alpha value is -2.25. The van der Waals surface area contributed by atoms with Gasteiger partial charge in [-0.05, 0) is 45.0 Å². The van der Waals surface area contributed by atoms with Crippen molar-refractivity contribution < 1.29 is 23.9 Å². The molecule has 146 valence electrons. The third-order valence-electron chi connectivity index (χ3n) is 5.28. The Morgan fingerprint density at radius 1 is 1.04 bits per heavy atom. The number of likely N-dealkylation sites (tertiary alicyclic amines) is 1. The molecular formula is C20H26N2O5. The molecule has 1 aromatic rings. The summed E-state index contributed by atoms with van der Waals surface area (Å²) in [7, 11) is 0. The minimum atomic E-state index is -1.21. The number of anilines is 1.